The van der Waals surface area contributed by atoms with Gasteiger partial charge in [-0.1, -0.05) is 0 Å². The fourth-order valence-corrected chi connectivity index (χ4v) is 4.24. The van der Waals surface area contributed by atoms with Crippen molar-refractivity contribution < 1.29 is 40.6 Å². The van der Waals surface area contributed by atoms with Crippen LogP contribution in [0.2, 0.25) is 0 Å². The summed E-state index contributed by atoms with van der Waals surface area (Å²) in [5, 5.41) is 1.45. The smallest absolute Gasteiger partial charge is 0.497 e. The van der Waals surface area contributed by atoms with Crippen LogP contribution in [0, 0.1) is 0 Å². The second-order valence-electron chi connectivity index (χ2n) is 7.50. The molecule has 6 nitrogen and oxygen atoms in total. The van der Waals surface area contributed by atoms with Crippen molar-refractivity contribution >= 4 is 22.9 Å². The number of thiazole rings is 1. The molecule has 1 aromatic carbocycles. The number of anilines is 1. The first-order valence-electron chi connectivity index (χ1n) is 9.26. The average molecular weight is 483 g/mol. The predicted molar refractivity (Wildman–Crippen MR) is 104 cm³/mol. The minimum absolute atomic E-state index is 0.0158. The van der Waals surface area contributed by atoms with E-state index < -0.39 is 36.3 Å². The van der Waals surface area contributed by atoms with Gasteiger partial charge in [0.2, 0.25) is 0 Å². The average Bonchev–Trinajstić information content (AvgIpc) is 3.29. The fourth-order valence-electron chi connectivity index (χ4n) is 3.71. The Hall–Kier alpha value is -2.54. The number of hydrogen-bond donors (Lipinski definition) is 0. The van der Waals surface area contributed by atoms with E-state index in [1.54, 1.807) is 6.92 Å². The van der Waals surface area contributed by atoms with Gasteiger partial charge in [-0.2, -0.15) is 13.2 Å². The number of carbonyl (C=O) groups is 1. The number of nitrogens with zero attached hydrogens (tertiary/aromatic N) is 3. The van der Waals surface area contributed by atoms with Gasteiger partial charge in [0, 0.05) is 36.7 Å². The van der Waals surface area contributed by atoms with Crippen LogP contribution in [0.25, 0.3) is 0 Å². The molecule has 13 heteroatoms. The molecule has 1 saturated heterocycles. The van der Waals surface area contributed by atoms with Gasteiger partial charge in [0.1, 0.15) is 17.2 Å². The first-order chi connectivity index (χ1) is 14.8. The summed E-state index contributed by atoms with van der Waals surface area (Å²) in [6.45, 7) is 0.321. The Kier molecular flexibility index (Phi) is 6.61. The molecular weight excluding hydrogens is 464 g/mol. The zero-order valence-electron chi connectivity index (χ0n) is 17.0. The largest absolute Gasteiger partial charge is 0.573 e. The summed E-state index contributed by atoms with van der Waals surface area (Å²) >= 11 is 1.13. The van der Waals surface area contributed by atoms with Crippen LogP contribution in [0.15, 0.2) is 29.1 Å². The van der Waals surface area contributed by atoms with Crippen molar-refractivity contribution in [3.8, 4) is 11.5 Å². The normalized spacial score (nSPS) is 19.8. The lowest BCUT2D eigenvalue weighted by Crippen LogP contribution is -2.52. The quantitative estimate of drug-likeness (QED) is 0.557. The van der Waals surface area contributed by atoms with Gasteiger partial charge in [-0.3, -0.25) is 14.6 Å². The first kappa shape index (κ1) is 24.1. The highest BCUT2D eigenvalue weighted by Crippen LogP contribution is 2.39. The lowest BCUT2D eigenvalue weighted by atomic mass is 9.97. The molecule has 0 spiro atoms. The highest BCUT2D eigenvalue weighted by atomic mass is 32.1. The summed E-state index contributed by atoms with van der Waals surface area (Å²) < 4.78 is 86.2. The molecule has 1 aliphatic rings. The van der Waals surface area contributed by atoms with E-state index in [0.717, 1.165) is 28.4 Å². The van der Waals surface area contributed by atoms with Crippen molar-refractivity contribution in [1.29, 1.82) is 0 Å². The maximum Gasteiger partial charge on any atom is 0.573 e. The van der Waals surface area contributed by atoms with Gasteiger partial charge >= 0.3 is 12.5 Å². The standard InChI is InChI=1S/C19H19F6N3O3S/c1-17(3-4-27(9-17)10-18(20,21)22)28(16(29)15-8-32-11-26-15)12-5-13(30-2)7-14(6-12)31-19(23,24)25/h5-8,11H,3-4,9-10H2,1-2H3. The second kappa shape index (κ2) is 8.77. The summed E-state index contributed by atoms with van der Waals surface area (Å²) in [5.74, 6) is -1.31. The predicted octanol–water partition coefficient (Wildman–Crippen LogP) is 4.72. The third-order valence-corrected chi connectivity index (χ3v) is 5.51. The number of likely N-dealkylation sites (tertiary alicyclic amines) is 1. The minimum atomic E-state index is -4.99. The maximum atomic E-state index is 13.3. The lowest BCUT2D eigenvalue weighted by Gasteiger charge is -2.38. The van der Waals surface area contributed by atoms with Crippen molar-refractivity contribution in [3.63, 3.8) is 0 Å². The highest BCUT2D eigenvalue weighted by Gasteiger charge is 2.46. The molecule has 1 aromatic heterocycles. The first-order valence-corrected chi connectivity index (χ1v) is 10.2. The number of methoxy groups -OCH3 is 1. The molecule has 176 valence electrons. The number of amides is 1. The van der Waals surface area contributed by atoms with Gasteiger partial charge in [-0.25, -0.2) is 4.98 Å². The number of hydrogen-bond acceptors (Lipinski definition) is 6. The van der Waals surface area contributed by atoms with E-state index in [4.69, 9.17) is 4.74 Å². The third kappa shape index (κ3) is 5.82. The Bertz CT molecular complexity index is 951. The second-order valence-corrected chi connectivity index (χ2v) is 8.22. The van der Waals surface area contributed by atoms with Gasteiger partial charge in [0.15, 0.2) is 0 Å². The van der Waals surface area contributed by atoms with Gasteiger partial charge in [0.25, 0.3) is 5.91 Å². The highest BCUT2D eigenvalue weighted by molar-refractivity contribution is 7.07. The topological polar surface area (TPSA) is 54.9 Å². The van der Waals surface area contributed by atoms with E-state index in [-0.39, 0.29) is 36.6 Å². The SMILES string of the molecule is COc1cc(OC(F)(F)F)cc(N(C(=O)c2cscn2)C2(C)CCN(CC(F)(F)F)C2)c1. The van der Waals surface area contributed by atoms with Crippen LogP contribution in [0.3, 0.4) is 0 Å². The van der Waals surface area contributed by atoms with Crippen molar-refractivity contribution in [2.45, 2.75) is 31.4 Å². The van der Waals surface area contributed by atoms with E-state index in [9.17, 15) is 31.1 Å². The molecule has 3 rings (SSSR count). The molecule has 1 fully saturated rings. The summed E-state index contributed by atoms with van der Waals surface area (Å²) in [5.41, 5.74) is 0.250. The number of halogens is 6. The Balaban J connectivity index is 2.05. The maximum absolute atomic E-state index is 13.3. The van der Waals surface area contributed by atoms with Crippen LogP contribution in [0.4, 0.5) is 32.0 Å². The zero-order valence-corrected chi connectivity index (χ0v) is 17.8. The van der Waals surface area contributed by atoms with Crippen LogP contribution in [-0.2, 0) is 0 Å². The van der Waals surface area contributed by atoms with Crippen molar-refractivity contribution in [3.05, 3.63) is 34.8 Å². The van der Waals surface area contributed by atoms with Crippen LogP contribution >= 0.6 is 11.3 Å². The molecule has 0 bridgehead atoms. The number of benzene rings is 1. The summed E-state index contributed by atoms with van der Waals surface area (Å²) in [6, 6.07) is 3.32. The zero-order chi connectivity index (χ0) is 23.7. The van der Waals surface area contributed by atoms with Crippen LogP contribution in [0.5, 0.6) is 11.5 Å². The van der Waals surface area contributed by atoms with Gasteiger partial charge in [-0.05, 0) is 13.3 Å². The Labute approximate surface area is 183 Å². The molecule has 32 heavy (non-hydrogen) atoms. The number of aromatic nitrogens is 1. The summed E-state index contributed by atoms with van der Waals surface area (Å²) in [6.07, 6.45) is -9.27. The van der Waals surface area contributed by atoms with E-state index in [0.29, 0.717) is 0 Å². The fraction of sp³-hybridized carbons (Fsp3) is 0.474. The Morgan fingerprint density at radius 2 is 1.91 bits per heavy atom. The van der Waals surface area contributed by atoms with Crippen LogP contribution in [-0.4, -0.2) is 60.6 Å². The molecule has 0 aliphatic carbocycles. The van der Waals surface area contributed by atoms with Crippen molar-refractivity contribution in [1.82, 2.24) is 9.88 Å². The van der Waals surface area contributed by atoms with Gasteiger partial charge in [-0.15, -0.1) is 24.5 Å². The van der Waals surface area contributed by atoms with Gasteiger partial charge in [0.05, 0.1) is 30.4 Å². The Morgan fingerprint density at radius 1 is 1.22 bits per heavy atom. The number of ether oxygens (including phenoxy) is 2. The molecule has 0 radical (unpaired) electrons. The lowest BCUT2D eigenvalue weighted by molar-refractivity contribution is -0.274. The number of alkyl halides is 6. The molecule has 1 unspecified atom stereocenters. The van der Waals surface area contributed by atoms with Crippen molar-refractivity contribution in [2.75, 3.05) is 31.6 Å². The summed E-state index contributed by atoms with van der Waals surface area (Å²) in [7, 11) is 1.23. The molecule has 1 atom stereocenters. The van der Waals surface area contributed by atoms with E-state index in [1.165, 1.54) is 29.0 Å². The molecule has 0 N–H and O–H groups in total. The van der Waals surface area contributed by atoms with E-state index in [1.807, 2.05) is 0 Å². The molecule has 2 aromatic rings. The Morgan fingerprint density at radius 3 is 2.47 bits per heavy atom. The van der Waals surface area contributed by atoms with E-state index in [2.05, 4.69) is 9.72 Å². The van der Waals surface area contributed by atoms with Gasteiger partial charge < -0.3 is 9.47 Å². The molecule has 0 saturated carbocycles. The molecular formula is C19H19F6N3O3S. The molecule has 1 amide bonds. The van der Waals surface area contributed by atoms with Crippen LogP contribution < -0.4 is 14.4 Å². The molecule has 2 heterocycles. The number of carbonyl (C=O) groups excluding carboxylic acids is 1. The summed E-state index contributed by atoms with van der Waals surface area (Å²) in [4.78, 5) is 19.6. The minimum Gasteiger partial charge on any atom is -0.497 e. The van der Waals surface area contributed by atoms with Crippen LogP contribution in [0.1, 0.15) is 23.8 Å². The monoisotopic (exact) mass is 483 g/mol. The third-order valence-electron chi connectivity index (χ3n) is 4.92. The molecule has 1 aliphatic heterocycles. The van der Waals surface area contributed by atoms with Crippen molar-refractivity contribution in [2.24, 2.45) is 0 Å². The number of rotatable bonds is 6. The van der Waals surface area contributed by atoms with E-state index >= 15 is 0 Å².